The SMILES string of the molecule is CCC(CCCOC(=O)c1ccsc1)C(c1ccc(Cl)cc1)N(C)C. The van der Waals surface area contributed by atoms with Gasteiger partial charge in [0.15, 0.2) is 0 Å². The molecule has 1 aromatic carbocycles. The van der Waals surface area contributed by atoms with Crippen LogP contribution >= 0.6 is 22.9 Å². The number of nitrogens with zero attached hydrogens (tertiary/aromatic N) is 1. The van der Waals surface area contributed by atoms with Gasteiger partial charge in [0.05, 0.1) is 12.2 Å². The number of benzene rings is 1. The minimum Gasteiger partial charge on any atom is -0.462 e. The highest BCUT2D eigenvalue weighted by molar-refractivity contribution is 7.08. The number of rotatable bonds is 9. The summed E-state index contributed by atoms with van der Waals surface area (Å²) in [5.41, 5.74) is 1.92. The van der Waals surface area contributed by atoms with Crippen LogP contribution in [-0.4, -0.2) is 31.6 Å². The van der Waals surface area contributed by atoms with Crippen molar-refractivity contribution >= 4 is 28.9 Å². The van der Waals surface area contributed by atoms with Gasteiger partial charge in [0.1, 0.15) is 0 Å². The number of carbonyl (C=O) groups excluding carboxylic acids is 1. The number of thiophene rings is 1. The predicted molar refractivity (Wildman–Crippen MR) is 105 cm³/mol. The second-order valence-corrected chi connectivity index (χ2v) is 7.63. The summed E-state index contributed by atoms with van der Waals surface area (Å²) in [5.74, 6) is 0.271. The molecule has 1 heterocycles. The van der Waals surface area contributed by atoms with Crippen molar-refractivity contribution in [1.29, 1.82) is 0 Å². The molecule has 0 radical (unpaired) electrons. The molecule has 0 saturated heterocycles. The smallest absolute Gasteiger partial charge is 0.338 e. The van der Waals surface area contributed by atoms with E-state index in [2.05, 4.69) is 38.1 Å². The molecule has 0 aliphatic carbocycles. The molecule has 2 unspecified atom stereocenters. The first-order chi connectivity index (χ1) is 12.0. The van der Waals surface area contributed by atoms with Gasteiger partial charge in [-0.2, -0.15) is 11.3 Å². The van der Waals surface area contributed by atoms with Crippen molar-refractivity contribution in [3.05, 3.63) is 57.2 Å². The van der Waals surface area contributed by atoms with Crippen molar-refractivity contribution < 1.29 is 9.53 Å². The fourth-order valence-corrected chi connectivity index (χ4v) is 3.96. The number of hydrogen-bond donors (Lipinski definition) is 0. The fraction of sp³-hybridized carbons (Fsp3) is 0.450. The standard InChI is InChI=1S/C20H26ClNO2S/c1-4-15(6-5-12-24-20(23)17-11-13-25-14-17)19(22(2)3)16-7-9-18(21)10-8-16/h7-11,13-15,19H,4-6,12H2,1-3H3. The summed E-state index contributed by atoms with van der Waals surface area (Å²) in [6.07, 6.45) is 2.95. The van der Waals surface area contributed by atoms with Crippen LogP contribution in [0.1, 0.15) is 48.1 Å². The van der Waals surface area contributed by atoms with E-state index in [1.54, 1.807) is 6.07 Å². The van der Waals surface area contributed by atoms with Crippen molar-refractivity contribution in [3.8, 4) is 0 Å². The van der Waals surface area contributed by atoms with Crippen LogP contribution in [0.4, 0.5) is 0 Å². The fourth-order valence-electron chi connectivity index (χ4n) is 3.21. The Balaban J connectivity index is 1.90. The Labute approximate surface area is 159 Å². The van der Waals surface area contributed by atoms with Crippen LogP contribution in [0.5, 0.6) is 0 Å². The van der Waals surface area contributed by atoms with E-state index in [1.165, 1.54) is 16.9 Å². The Morgan fingerprint density at radius 1 is 1.24 bits per heavy atom. The normalized spacial score (nSPS) is 13.6. The molecule has 0 bridgehead atoms. The molecular weight excluding hydrogens is 354 g/mol. The summed E-state index contributed by atoms with van der Waals surface area (Å²) in [5, 5.41) is 4.46. The van der Waals surface area contributed by atoms with Crippen LogP contribution < -0.4 is 0 Å². The van der Waals surface area contributed by atoms with Gasteiger partial charge in [-0.3, -0.25) is 0 Å². The zero-order valence-electron chi connectivity index (χ0n) is 15.1. The molecule has 136 valence electrons. The average molecular weight is 380 g/mol. The number of halogens is 1. The maximum Gasteiger partial charge on any atom is 0.338 e. The minimum atomic E-state index is -0.226. The van der Waals surface area contributed by atoms with E-state index >= 15 is 0 Å². The maximum absolute atomic E-state index is 11.9. The first-order valence-corrected chi connectivity index (χ1v) is 9.96. The first-order valence-electron chi connectivity index (χ1n) is 8.64. The van der Waals surface area contributed by atoms with Crippen LogP contribution in [-0.2, 0) is 4.74 Å². The highest BCUT2D eigenvalue weighted by Crippen LogP contribution is 2.33. The van der Waals surface area contributed by atoms with Gasteiger partial charge in [-0.05, 0) is 62.0 Å². The van der Waals surface area contributed by atoms with Crippen molar-refractivity contribution in [2.75, 3.05) is 20.7 Å². The lowest BCUT2D eigenvalue weighted by Gasteiger charge is -2.32. The van der Waals surface area contributed by atoms with Crippen LogP contribution in [0.2, 0.25) is 5.02 Å². The van der Waals surface area contributed by atoms with Gasteiger partial charge >= 0.3 is 5.97 Å². The molecule has 0 N–H and O–H groups in total. The summed E-state index contributed by atoms with van der Waals surface area (Å²) >= 11 is 7.53. The summed E-state index contributed by atoms with van der Waals surface area (Å²) in [6, 6.07) is 10.2. The molecule has 0 spiro atoms. The summed E-state index contributed by atoms with van der Waals surface area (Å²) < 4.78 is 5.38. The lowest BCUT2D eigenvalue weighted by atomic mass is 9.86. The number of hydrogen-bond acceptors (Lipinski definition) is 4. The third-order valence-corrected chi connectivity index (χ3v) is 5.38. The van der Waals surface area contributed by atoms with Crippen molar-refractivity contribution in [1.82, 2.24) is 4.90 Å². The average Bonchev–Trinajstić information content (AvgIpc) is 3.13. The van der Waals surface area contributed by atoms with Gasteiger partial charge < -0.3 is 9.64 Å². The van der Waals surface area contributed by atoms with Crippen molar-refractivity contribution in [2.45, 2.75) is 32.2 Å². The molecule has 2 aromatic rings. The Morgan fingerprint density at radius 2 is 1.96 bits per heavy atom. The molecular formula is C20H26ClNO2S. The second-order valence-electron chi connectivity index (χ2n) is 6.42. The van der Waals surface area contributed by atoms with Gasteiger partial charge in [-0.15, -0.1) is 0 Å². The van der Waals surface area contributed by atoms with Crippen LogP contribution in [0.15, 0.2) is 41.1 Å². The Kier molecular flexibility index (Phi) is 7.94. The van der Waals surface area contributed by atoms with Crippen LogP contribution in [0.3, 0.4) is 0 Å². The van der Waals surface area contributed by atoms with Gasteiger partial charge in [0.2, 0.25) is 0 Å². The summed E-state index contributed by atoms with van der Waals surface area (Å²) in [6.45, 7) is 2.68. The summed E-state index contributed by atoms with van der Waals surface area (Å²) in [4.78, 5) is 14.1. The molecule has 2 atom stereocenters. The topological polar surface area (TPSA) is 29.5 Å². The minimum absolute atomic E-state index is 0.226. The number of carbonyl (C=O) groups is 1. The molecule has 2 rings (SSSR count). The maximum atomic E-state index is 11.9. The zero-order valence-corrected chi connectivity index (χ0v) is 16.6. The highest BCUT2D eigenvalue weighted by atomic mass is 35.5. The number of ether oxygens (including phenoxy) is 1. The van der Waals surface area contributed by atoms with Crippen molar-refractivity contribution in [3.63, 3.8) is 0 Å². The van der Waals surface area contributed by atoms with E-state index < -0.39 is 0 Å². The van der Waals surface area contributed by atoms with Crippen LogP contribution in [0, 0.1) is 5.92 Å². The quantitative estimate of drug-likeness (QED) is 0.415. The third-order valence-electron chi connectivity index (χ3n) is 4.45. The van der Waals surface area contributed by atoms with Gasteiger partial charge in [-0.1, -0.05) is 37.1 Å². The van der Waals surface area contributed by atoms with E-state index in [9.17, 15) is 4.79 Å². The molecule has 0 amide bonds. The Hall–Kier alpha value is -1.36. The molecule has 0 aliphatic heterocycles. The van der Waals surface area contributed by atoms with E-state index in [0.29, 0.717) is 24.1 Å². The van der Waals surface area contributed by atoms with Gasteiger partial charge in [-0.25, -0.2) is 4.79 Å². The van der Waals surface area contributed by atoms with Gasteiger partial charge in [0.25, 0.3) is 0 Å². The second kappa shape index (κ2) is 9.95. The monoisotopic (exact) mass is 379 g/mol. The third kappa shape index (κ3) is 5.84. The zero-order chi connectivity index (χ0) is 18.2. The first kappa shape index (κ1) is 20.0. The molecule has 0 aliphatic rings. The largest absolute Gasteiger partial charge is 0.462 e. The molecule has 0 saturated carbocycles. The lowest BCUT2D eigenvalue weighted by Crippen LogP contribution is -2.27. The lowest BCUT2D eigenvalue weighted by molar-refractivity contribution is 0.0487. The van der Waals surface area contributed by atoms with E-state index in [4.69, 9.17) is 16.3 Å². The molecule has 3 nitrogen and oxygen atoms in total. The van der Waals surface area contributed by atoms with E-state index in [1.807, 2.05) is 22.9 Å². The molecule has 25 heavy (non-hydrogen) atoms. The molecule has 5 heteroatoms. The predicted octanol–water partition coefficient (Wildman–Crippen LogP) is 5.67. The Bertz CT molecular complexity index is 640. The number of esters is 1. The van der Waals surface area contributed by atoms with Crippen molar-refractivity contribution in [2.24, 2.45) is 5.92 Å². The van der Waals surface area contributed by atoms with Crippen LogP contribution in [0.25, 0.3) is 0 Å². The summed E-state index contributed by atoms with van der Waals surface area (Å²) in [7, 11) is 4.22. The Morgan fingerprint density at radius 3 is 2.52 bits per heavy atom. The van der Waals surface area contributed by atoms with E-state index in [-0.39, 0.29) is 5.97 Å². The molecule has 0 fully saturated rings. The molecule has 1 aromatic heterocycles. The van der Waals surface area contributed by atoms with Gasteiger partial charge in [0, 0.05) is 16.4 Å². The highest BCUT2D eigenvalue weighted by Gasteiger charge is 2.23. The van der Waals surface area contributed by atoms with E-state index in [0.717, 1.165) is 24.3 Å².